The topological polar surface area (TPSA) is 33.3 Å². The van der Waals surface area contributed by atoms with Gasteiger partial charge in [-0.2, -0.15) is 0 Å². The first-order valence-electron chi connectivity index (χ1n) is 10.8. The number of halogens is 1. The molecule has 1 saturated carbocycles. The Morgan fingerprint density at radius 3 is 2.86 bits per heavy atom. The van der Waals surface area contributed by atoms with Crippen LogP contribution in [0.2, 0.25) is 5.02 Å². The molecule has 0 aliphatic heterocycles. The Morgan fingerprint density at radius 1 is 1.29 bits per heavy atom. The Bertz CT molecular complexity index is 592. The van der Waals surface area contributed by atoms with E-state index in [4.69, 9.17) is 16.3 Å². The SMILES string of the molecule is C=C(CCCC)NCCCCCSN[C@@H](C)c1ccc(Cl)c(OCC2CC2)c1. The van der Waals surface area contributed by atoms with Crippen molar-refractivity contribution in [2.45, 2.75) is 71.3 Å². The lowest BCUT2D eigenvalue weighted by molar-refractivity contribution is 0.299. The standard InChI is InChI=1S/C23H37ClN2OS/c1-4-5-9-18(2)25-14-7-6-8-15-28-26-19(3)21-12-13-22(24)23(16-21)27-17-20-10-11-20/h12-13,16,19-20,25-26H,2,4-11,14-15,17H2,1,3H3/t19-/m0/s1. The Balaban J connectivity index is 1.55. The van der Waals surface area contributed by atoms with Crippen molar-refractivity contribution in [2.75, 3.05) is 18.9 Å². The summed E-state index contributed by atoms with van der Waals surface area (Å²) in [4.78, 5) is 0. The van der Waals surface area contributed by atoms with Gasteiger partial charge in [-0.05, 0) is 69.1 Å². The quantitative estimate of drug-likeness (QED) is 0.223. The smallest absolute Gasteiger partial charge is 0.138 e. The predicted molar refractivity (Wildman–Crippen MR) is 124 cm³/mol. The number of allylic oxidation sites excluding steroid dienone is 1. The van der Waals surface area contributed by atoms with Gasteiger partial charge in [0.15, 0.2) is 0 Å². The monoisotopic (exact) mass is 424 g/mol. The molecule has 0 spiro atoms. The van der Waals surface area contributed by atoms with E-state index in [-0.39, 0.29) is 6.04 Å². The molecular formula is C23H37ClN2OS. The summed E-state index contributed by atoms with van der Waals surface area (Å²) in [5, 5.41) is 4.14. The third-order valence-corrected chi connectivity index (χ3v) is 6.34. The van der Waals surface area contributed by atoms with E-state index in [1.165, 1.54) is 56.2 Å². The highest BCUT2D eigenvalue weighted by Gasteiger charge is 2.22. The highest BCUT2D eigenvalue weighted by molar-refractivity contribution is 7.97. The highest BCUT2D eigenvalue weighted by atomic mass is 35.5. The first-order valence-corrected chi connectivity index (χ1v) is 12.2. The molecule has 1 aliphatic rings. The van der Waals surface area contributed by atoms with Crippen molar-refractivity contribution in [3.63, 3.8) is 0 Å². The van der Waals surface area contributed by atoms with E-state index in [9.17, 15) is 0 Å². The lowest BCUT2D eigenvalue weighted by atomic mass is 10.1. The van der Waals surface area contributed by atoms with Crippen LogP contribution >= 0.6 is 23.5 Å². The second kappa shape index (κ2) is 13.4. The summed E-state index contributed by atoms with van der Waals surface area (Å²) in [6.07, 6.45) is 9.82. The molecule has 158 valence electrons. The summed E-state index contributed by atoms with van der Waals surface area (Å²) in [6, 6.07) is 6.39. The van der Waals surface area contributed by atoms with Crippen molar-refractivity contribution in [3.05, 3.63) is 41.1 Å². The maximum atomic E-state index is 6.28. The second-order valence-electron chi connectivity index (χ2n) is 7.83. The fourth-order valence-corrected chi connectivity index (χ4v) is 3.89. The second-order valence-corrected chi connectivity index (χ2v) is 9.17. The maximum Gasteiger partial charge on any atom is 0.138 e. The maximum absolute atomic E-state index is 6.28. The van der Waals surface area contributed by atoms with Crippen molar-refractivity contribution < 1.29 is 4.74 Å². The number of ether oxygens (including phenoxy) is 1. The largest absolute Gasteiger partial charge is 0.492 e. The minimum absolute atomic E-state index is 0.272. The number of unbranched alkanes of at least 4 members (excludes halogenated alkanes) is 3. The number of hydrogen-bond donors (Lipinski definition) is 2. The zero-order valence-electron chi connectivity index (χ0n) is 17.6. The van der Waals surface area contributed by atoms with Crippen LogP contribution in [-0.4, -0.2) is 18.9 Å². The molecule has 1 atom stereocenters. The lowest BCUT2D eigenvalue weighted by Gasteiger charge is -2.16. The molecule has 0 heterocycles. The number of nitrogens with one attached hydrogen (secondary N) is 2. The molecule has 5 heteroatoms. The van der Waals surface area contributed by atoms with Crippen molar-refractivity contribution >= 4 is 23.5 Å². The van der Waals surface area contributed by atoms with Crippen LogP contribution in [0.4, 0.5) is 0 Å². The molecule has 0 bridgehead atoms. The summed E-state index contributed by atoms with van der Waals surface area (Å²) in [5.74, 6) is 2.67. The van der Waals surface area contributed by atoms with Gasteiger partial charge in [-0.25, -0.2) is 0 Å². The molecule has 1 aliphatic carbocycles. The van der Waals surface area contributed by atoms with Gasteiger partial charge in [0, 0.05) is 24.0 Å². The van der Waals surface area contributed by atoms with Crippen molar-refractivity contribution in [3.8, 4) is 5.75 Å². The van der Waals surface area contributed by atoms with Crippen LogP contribution in [0.5, 0.6) is 5.75 Å². The van der Waals surface area contributed by atoms with E-state index in [1.54, 1.807) is 0 Å². The summed E-state index contributed by atoms with van der Waals surface area (Å²) in [6.45, 7) is 10.3. The van der Waals surface area contributed by atoms with Gasteiger partial charge in [0.1, 0.15) is 5.75 Å². The Hall–Kier alpha value is -0.840. The Labute approximate surface area is 181 Å². The molecule has 2 N–H and O–H groups in total. The van der Waals surface area contributed by atoms with Crippen LogP contribution < -0.4 is 14.8 Å². The van der Waals surface area contributed by atoms with Crippen molar-refractivity contribution in [2.24, 2.45) is 5.92 Å². The minimum Gasteiger partial charge on any atom is -0.492 e. The van der Waals surface area contributed by atoms with Gasteiger partial charge in [0.05, 0.1) is 11.6 Å². The molecule has 2 rings (SSSR count). The average Bonchev–Trinajstić information content (AvgIpc) is 3.52. The van der Waals surface area contributed by atoms with Gasteiger partial charge >= 0.3 is 0 Å². The number of hydrogen-bond acceptors (Lipinski definition) is 4. The Morgan fingerprint density at radius 2 is 2.11 bits per heavy atom. The fourth-order valence-electron chi connectivity index (χ4n) is 2.86. The molecule has 0 amide bonds. The van der Waals surface area contributed by atoms with Gasteiger partial charge in [0.2, 0.25) is 0 Å². The van der Waals surface area contributed by atoms with Gasteiger partial charge in [-0.15, -0.1) is 0 Å². The summed E-state index contributed by atoms with van der Waals surface area (Å²) >= 11 is 8.08. The van der Waals surface area contributed by atoms with E-state index < -0.39 is 0 Å². The van der Waals surface area contributed by atoms with Crippen LogP contribution in [0, 0.1) is 5.92 Å². The molecule has 3 nitrogen and oxygen atoms in total. The van der Waals surface area contributed by atoms with E-state index >= 15 is 0 Å². The molecule has 0 aromatic heterocycles. The van der Waals surface area contributed by atoms with Crippen molar-refractivity contribution in [1.29, 1.82) is 0 Å². The van der Waals surface area contributed by atoms with E-state index in [0.717, 1.165) is 37.0 Å². The third kappa shape index (κ3) is 9.58. The van der Waals surface area contributed by atoms with Crippen LogP contribution in [0.25, 0.3) is 0 Å². The molecule has 0 saturated heterocycles. The van der Waals surface area contributed by atoms with E-state index in [2.05, 4.69) is 42.6 Å². The number of rotatable bonds is 16. The third-order valence-electron chi connectivity index (χ3n) is 5.02. The molecule has 0 unspecified atom stereocenters. The first kappa shape index (κ1) is 23.4. The fraction of sp³-hybridized carbons (Fsp3) is 0.652. The van der Waals surface area contributed by atoms with Crippen LogP contribution in [0.1, 0.15) is 76.8 Å². The summed E-state index contributed by atoms with van der Waals surface area (Å²) in [5.41, 5.74) is 2.41. The predicted octanol–water partition coefficient (Wildman–Crippen LogP) is 6.89. The van der Waals surface area contributed by atoms with Gasteiger partial charge in [-0.3, -0.25) is 4.72 Å². The van der Waals surface area contributed by atoms with E-state index in [0.29, 0.717) is 5.02 Å². The zero-order valence-corrected chi connectivity index (χ0v) is 19.1. The van der Waals surface area contributed by atoms with Gasteiger partial charge in [-0.1, -0.05) is 56.0 Å². The van der Waals surface area contributed by atoms with Crippen LogP contribution in [0.3, 0.4) is 0 Å². The van der Waals surface area contributed by atoms with Gasteiger partial charge < -0.3 is 10.1 Å². The molecule has 1 aromatic rings. The molecule has 1 aromatic carbocycles. The minimum atomic E-state index is 0.272. The normalized spacial score (nSPS) is 14.7. The summed E-state index contributed by atoms with van der Waals surface area (Å²) < 4.78 is 9.44. The first-order chi connectivity index (χ1) is 13.6. The molecule has 28 heavy (non-hydrogen) atoms. The highest BCUT2D eigenvalue weighted by Crippen LogP contribution is 2.33. The molecule has 1 fully saturated rings. The average molecular weight is 425 g/mol. The Kier molecular flexibility index (Phi) is 11.2. The summed E-state index contributed by atoms with van der Waals surface area (Å²) in [7, 11) is 0. The zero-order chi connectivity index (χ0) is 20.2. The van der Waals surface area contributed by atoms with Crippen LogP contribution in [0.15, 0.2) is 30.5 Å². The van der Waals surface area contributed by atoms with Crippen molar-refractivity contribution in [1.82, 2.24) is 10.0 Å². The van der Waals surface area contributed by atoms with Gasteiger partial charge in [0.25, 0.3) is 0 Å². The molecular weight excluding hydrogens is 388 g/mol. The van der Waals surface area contributed by atoms with E-state index in [1.807, 2.05) is 18.0 Å². The molecule has 0 radical (unpaired) electrons. The van der Waals surface area contributed by atoms with Crippen LogP contribution in [-0.2, 0) is 0 Å². The number of benzene rings is 1. The lowest BCUT2D eigenvalue weighted by Crippen LogP contribution is -2.14.